The molecule has 1 aromatic carbocycles. The number of para-hydroxylation sites is 1. The average molecular weight is 1080 g/mol. The molecule has 0 bridgehead atoms. The van der Waals surface area contributed by atoms with E-state index in [2.05, 4.69) is 77.4 Å². The Bertz CT molecular complexity index is 2330. The first kappa shape index (κ1) is 62.7. The van der Waals surface area contributed by atoms with Gasteiger partial charge in [-0.05, 0) is 63.1 Å². The normalized spacial score (nSPS) is 14.2. The predicted molar refractivity (Wildman–Crippen MR) is 278 cm³/mol. The topological polar surface area (TPSA) is 518 Å². The van der Waals surface area contributed by atoms with Gasteiger partial charge in [0.2, 0.25) is 47.3 Å². The SMILES string of the molecule is NCCCC[C@H](NC(=O)[C@H](CCCN=C(N)N)NC(=O)[C@H](CC(=O)O)NC(=O)[C@H](CCCN=C(N)N)NC(=O)[C@@H](N)CS)C(=O)N[C@@H](Cc1c[nH]c2ccccc12)C(=O)N[C@@H](CC(N)=O)C(=O)N[C@@H](CS)C(=O)O. The minimum absolute atomic E-state index is 0.0275. The van der Waals surface area contributed by atoms with Gasteiger partial charge in [-0.3, -0.25) is 53.1 Å². The van der Waals surface area contributed by atoms with Gasteiger partial charge in [0.05, 0.1) is 18.9 Å². The minimum atomic E-state index is -1.86. The maximum Gasteiger partial charge on any atom is 0.327 e. The Kier molecular flexibility index (Phi) is 27.7. The van der Waals surface area contributed by atoms with Crippen LogP contribution in [0.15, 0.2) is 40.4 Å². The number of nitrogens with one attached hydrogen (secondary N) is 8. The van der Waals surface area contributed by atoms with Gasteiger partial charge in [0.15, 0.2) is 11.9 Å². The van der Waals surface area contributed by atoms with Crippen LogP contribution in [0.4, 0.5) is 0 Å². The van der Waals surface area contributed by atoms with Gasteiger partial charge in [-0.15, -0.1) is 0 Å². The van der Waals surface area contributed by atoms with Gasteiger partial charge in [-0.1, -0.05) is 18.2 Å². The fourth-order valence-electron chi connectivity index (χ4n) is 7.01. The number of carboxylic acid groups (broad SMARTS) is 2. The summed E-state index contributed by atoms with van der Waals surface area (Å²) >= 11 is 7.93. The van der Waals surface area contributed by atoms with Crippen LogP contribution in [0.3, 0.4) is 0 Å². The Morgan fingerprint density at radius 2 is 0.986 bits per heavy atom. The molecule has 0 aliphatic rings. The van der Waals surface area contributed by atoms with E-state index in [1.807, 2.05) is 0 Å². The van der Waals surface area contributed by atoms with Crippen molar-refractivity contribution in [3.63, 3.8) is 0 Å². The molecule has 8 amide bonds. The molecule has 2 rings (SSSR count). The number of unbranched alkanes of at least 4 members (excludes halogenated alkanes) is 1. The zero-order chi connectivity index (χ0) is 55.5. The molecule has 0 radical (unpaired) electrons. The van der Waals surface area contributed by atoms with Gasteiger partial charge in [-0.25, -0.2) is 4.79 Å². The molecule has 1 heterocycles. The molecule has 29 nitrogen and oxygen atoms in total. The van der Waals surface area contributed by atoms with Crippen molar-refractivity contribution in [1.29, 1.82) is 0 Å². The average Bonchev–Trinajstić information content (AvgIpc) is 3.75. The van der Waals surface area contributed by atoms with Crippen LogP contribution in [0, 0.1) is 0 Å². The van der Waals surface area contributed by atoms with E-state index in [1.165, 1.54) is 0 Å². The molecule has 0 saturated heterocycles. The van der Waals surface area contributed by atoms with Crippen molar-refractivity contribution < 1.29 is 58.2 Å². The Labute approximate surface area is 436 Å². The van der Waals surface area contributed by atoms with Crippen LogP contribution in [0.2, 0.25) is 0 Å². The minimum Gasteiger partial charge on any atom is -0.481 e. The summed E-state index contributed by atoms with van der Waals surface area (Å²) in [5.41, 5.74) is 39.8. The lowest BCUT2D eigenvalue weighted by molar-refractivity contribution is -0.142. The molecule has 8 atom stereocenters. The molecule has 0 saturated carbocycles. The number of benzene rings is 1. The Morgan fingerprint density at radius 3 is 1.45 bits per heavy atom. The monoisotopic (exact) mass is 1080 g/mol. The van der Waals surface area contributed by atoms with Crippen molar-refractivity contribution in [3.05, 3.63) is 36.0 Å². The number of nitrogens with zero attached hydrogens (tertiary/aromatic N) is 2. The van der Waals surface area contributed by atoms with Crippen LogP contribution in [0.25, 0.3) is 10.9 Å². The summed E-state index contributed by atoms with van der Waals surface area (Å²) in [5.74, 6) is -12.0. The van der Waals surface area contributed by atoms with Crippen molar-refractivity contribution in [1.82, 2.24) is 42.2 Å². The fraction of sp³-hybridized carbons (Fsp3) is 0.535. The third kappa shape index (κ3) is 22.6. The molecule has 31 heteroatoms. The van der Waals surface area contributed by atoms with Gasteiger partial charge in [0.25, 0.3) is 0 Å². The Hall–Kier alpha value is -7.38. The molecule has 410 valence electrons. The second-order valence-electron chi connectivity index (χ2n) is 16.8. The molecule has 24 N–H and O–H groups in total. The summed E-state index contributed by atoms with van der Waals surface area (Å²) < 4.78 is 0. The van der Waals surface area contributed by atoms with Crippen molar-refractivity contribution in [3.8, 4) is 0 Å². The highest BCUT2D eigenvalue weighted by Gasteiger charge is 2.35. The molecule has 0 aliphatic carbocycles. The number of guanidine groups is 2. The highest BCUT2D eigenvalue weighted by molar-refractivity contribution is 7.80. The number of primary amides is 1. The number of thiol groups is 2. The first-order valence-electron chi connectivity index (χ1n) is 23.2. The van der Waals surface area contributed by atoms with E-state index in [4.69, 9.17) is 40.1 Å². The number of rotatable bonds is 35. The first-order valence-corrected chi connectivity index (χ1v) is 24.5. The molecule has 0 fully saturated rings. The van der Waals surface area contributed by atoms with Crippen molar-refractivity contribution >= 4 is 107 Å². The maximum atomic E-state index is 14.4. The lowest BCUT2D eigenvalue weighted by Gasteiger charge is -2.28. The van der Waals surface area contributed by atoms with Gasteiger partial charge >= 0.3 is 11.9 Å². The van der Waals surface area contributed by atoms with Crippen molar-refractivity contribution in [2.45, 2.75) is 113 Å². The number of amides is 8. The summed E-state index contributed by atoms with van der Waals surface area (Å²) in [6, 6.07) is -5.24. The highest BCUT2D eigenvalue weighted by atomic mass is 32.1. The van der Waals surface area contributed by atoms with Crippen LogP contribution in [-0.2, 0) is 54.4 Å². The van der Waals surface area contributed by atoms with E-state index in [9.17, 15) is 58.2 Å². The van der Waals surface area contributed by atoms with Gasteiger partial charge in [-0.2, -0.15) is 25.3 Å². The third-order valence-electron chi connectivity index (χ3n) is 10.8. The lowest BCUT2D eigenvalue weighted by Crippen LogP contribution is -2.60. The first-order chi connectivity index (χ1) is 35.0. The van der Waals surface area contributed by atoms with E-state index in [0.717, 1.165) is 0 Å². The number of carbonyl (C=O) groups is 10. The summed E-state index contributed by atoms with van der Waals surface area (Å²) in [4.78, 5) is 143. The van der Waals surface area contributed by atoms with Crippen LogP contribution in [-0.4, -0.2) is 166 Å². The molecule has 0 unspecified atom stereocenters. The summed E-state index contributed by atoms with van der Waals surface area (Å²) in [6.45, 7) is 0.150. The number of carboxylic acids is 2. The predicted octanol–water partition coefficient (Wildman–Crippen LogP) is -6.04. The molecule has 1 aromatic heterocycles. The van der Waals surface area contributed by atoms with Crippen molar-refractivity contribution in [2.75, 3.05) is 31.1 Å². The zero-order valence-electron chi connectivity index (χ0n) is 40.4. The summed E-state index contributed by atoms with van der Waals surface area (Å²) in [6.07, 6.45) is -0.118. The van der Waals surface area contributed by atoms with E-state index < -0.39 is 120 Å². The van der Waals surface area contributed by atoms with Gasteiger partial charge in [0.1, 0.15) is 42.3 Å². The lowest BCUT2D eigenvalue weighted by atomic mass is 10.0. The summed E-state index contributed by atoms with van der Waals surface area (Å²) in [5, 5.41) is 36.9. The van der Waals surface area contributed by atoms with Gasteiger partial charge < -0.3 is 92.6 Å². The number of aromatic nitrogens is 1. The second kappa shape index (κ2) is 32.6. The Balaban J connectivity index is 2.57. The number of fused-ring (bicyclic) bond motifs is 1. The summed E-state index contributed by atoms with van der Waals surface area (Å²) in [7, 11) is 0. The maximum absolute atomic E-state index is 14.4. The number of H-pyrrole nitrogens is 1. The van der Waals surface area contributed by atoms with Crippen LogP contribution in [0.1, 0.15) is 63.4 Å². The Morgan fingerprint density at radius 1 is 0.554 bits per heavy atom. The van der Waals surface area contributed by atoms with E-state index in [0.29, 0.717) is 22.9 Å². The van der Waals surface area contributed by atoms with Gasteiger partial charge in [0, 0.05) is 48.1 Å². The van der Waals surface area contributed by atoms with Crippen molar-refractivity contribution in [2.24, 2.45) is 50.1 Å². The number of aromatic amines is 1. The zero-order valence-corrected chi connectivity index (χ0v) is 42.2. The molecular formula is C43H69N17O12S2. The standard InChI is InChI=1S/C43H69N17O12S2/c44-12-4-3-9-25(36(66)57-28(15-21-18-53-24-8-2-1-7-22(21)24)38(68)58-29(16-32(46)61)39(69)60-31(20-74)41(71)72)55-35(65)27(11-6-14-52-43(49)50)56-40(70)30(17-33(62)63)59-37(67)26(10-5-13-51-42(47)48)54-34(64)23(45)19-73/h1-2,7-8,18,23,25-31,53,73-74H,3-6,9-17,19-20,44-45H2,(H2,46,61)(H,54,64)(H,55,65)(H,56,70)(H,57,66)(H,58,68)(H,59,67)(H,60,69)(H,62,63)(H,71,72)(H4,47,48,51)(H4,49,50,52)/t23-,25-,26-,27-,28-,29-,30-,31-/m0/s1. The second-order valence-corrected chi connectivity index (χ2v) is 17.5. The number of aliphatic imine (C=N–C) groups is 2. The smallest absolute Gasteiger partial charge is 0.327 e. The fourth-order valence-corrected chi connectivity index (χ4v) is 7.42. The number of hydrogen-bond donors (Lipinski definition) is 19. The highest BCUT2D eigenvalue weighted by Crippen LogP contribution is 2.20. The van der Waals surface area contributed by atoms with E-state index in [-0.39, 0.29) is 88.0 Å². The number of hydrogen-bond acceptors (Lipinski definition) is 16. The van der Waals surface area contributed by atoms with Crippen LogP contribution in [0.5, 0.6) is 0 Å². The van der Waals surface area contributed by atoms with E-state index in [1.54, 1.807) is 30.5 Å². The molecule has 0 spiro atoms. The molecule has 0 aliphatic heterocycles. The third-order valence-corrected chi connectivity index (χ3v) is 11.6. The van der Waals surface area contributed by atoms with Crippen LogP contribution < -0.4 is 77.4 Å². The number of nitrogens with two attached hydrogens (primary N) is 7. The van der Waals surface area contributed by atoms with Crippen LogP contribution >= 0.6 is 25.3 Å². The molecule has 2 aromatic rings. The number of carbonyl (C=O) groups excluding carboxylic acids is 8. The number of aliphatic carboxylic acids is 2. The molecule has 74 heavy (non-hydrogen) atoms. The largest absolute Gasteiger partial charge is 0.481 e. The quantitative estimate of drug-likeness (QED) is 0.0132. The van der Waals surface area contributed by atoms with E-state index >= 15 is 0 Å². The molecular weight excluding hydrogens is 1010 g/mol.